The Morgan fingerprint density at radius 2 is 2.19 bits per heavy atom. The topological polar surface area (TPSA) is 89.6 Å². The largest absolute Gasteiger partial charge is 0.504 e. The van der Waals surface area contributed by atoms with Crippen molar-refractivity contribution in [3.63, 3.8) is 0 Å². The van der Waals surface area contributed by atoms with Gasteiger partial charge in [0.25, 0.3) is 0 Å². The molecule has 5 heteroatoms. The molecule has 1 aromatic rings. The molecule has 0 aromatic heterocycles. The molecule has 3 N–H and O–H groups in total. The van der Waals surface area contributed by atoms with Crippen LogP contribution in [0.3, 0.4) is 0 Å². The standard InChI is InChI=1S/C11H11NO4/c1-16-9-5-7(2-3-10(12)14)4-8(6-13)11(9)15/h2-6,15H,1H3,(H2,12,14). The van der Waals surface area contributed by atoms with Gasteiger partial charge in [-0.1, -0.05) is 0 Å². The van der Waals surface area contributed by atoms with Crippen LogP contribution in [0.25, 0.3) is 6.08 Å². The Labute approximate surface area is 92.1 Å². The number of ether oxygens (including phenoxy) is 1. The van der Waals surface area contributed by atoms with E-state index in [9.17, 15) is 14.7 Å². The van der Waals surface area contributed by atoms with Crippen molar-refractivity contribution in [2.45, 2.75) is 0 Å². The SMILES string of the molecule is COc1cc(C=CC(N)=O)cc(C=O)c1O. The molecule has 0 unspecified atom stereocenters. The van der Waals surface area contributed by atoms with Crippen molar-refractivity contribution in [1.29, 1.82) is 0 Å². The van der Waals surface area contributed by atoms with Crippen LogP contribution in [-0.2, 0) is 4.79 Å². The predicted octanol–water partition coefficient (Wildman–Crippen LogP) is 0.712. The van der Waals surface area contributed by atoms with Crippen molar-refractivity contribution in [2.75, 3.05) is 7.11 Å². The second-order valence-electron chi connectivity index (χ2n) is 3.01. The zero-order chi connectivity index (χ0) is 12.1. The average Bonchev–Trinajstić information content (AvgIpc) is 2.27. The number of aldehydes is 1. The second-order valence-corrected chi connectivity index (χ2v) is 3.01. The van der Waals surface area contributed by atoms with E-state index in [2.05, 4.69) is 0 Å². The maximum atomic E-state index is 10.7. The van der Waals surface area contributed by atoms with E-state index < -0.39 is 5.91 Å². The molecule has 16 heavy (non-hydrogen) atoms. The molecule has 0 radical (unpaired) electrons. The number of aromatic hydroxyl groups is 1. The Balaban J connectivity index is 3.21. The number of methoxy groups -OCH3 is 1. The van der Waals surface area contributed by atoms with E-state index in [1.807, 2.05) is 0 Å². The van der Waals surface area contributed by atoms with E-state index in [1.165, 1.54) is 25.3 Å². The van der Waals surface area contributed by atoms with E-state index in [0.29, 0.717) is 11.8 Å². The van der Waals surface area contributed by atoms with Crippen LogP contribution in [0.1, 0.15) is 15.9 Å². The van der Waals surface area contributed by atoms with Crippen LogP contribution in [-0.4, -0.2) is 24.4 Å². The Kier molecular flexibility index (Phi) is 3.66. The first-order chi connectivity index (χ1) is 7.58. The van der Waals surface area contributed by atoms with Crippen molar-refractivity contribution < 1.29 is 19.4 Å². The summed E-state index contributed by atoms with van der Waals surface area (Å²) in [5.74, 6) is -0.665. The molecule has 0 aliphatic carbocycles. The van der Waals surface area contributed by atoms with Crippen molar-refractivity contribution in [3.8, 4) is 11.5 Å². The van der Waals surface area contributed by atoms with Crippen molar-refractivity contribution in [3.05, 3.63) is 29.3 Å². The molecule has 0 bridgehead atoms. The summed E-state index contributed by atoms with van der Waals surface area (Å²) in [5.41, 5.74) is 5.56. The van der Waals surface area contributed by atoms with Gasteiger partial charge in [0.1, 0.15) is 0 Å². The lowest BCUT2D eigenvalue weighted by atomic mass is 10.1. The van der Waals surface area contributed by atoms with Crippen LogP contribution in [0.2, 0.25) is 0 Å². The molecule has 1 rings (SSSR count). The van der Waals surface area contributed by atoms with E-state index in [-0.39, 0.29) is 17.1 Å². The summed E-state index contributed by atoms with van der Waals surface area (Å²) in [4.78, 5) is 21.2. The summed E-state index contributed by atoms with van der Waals surface area (Å²) in [6.45, 7) is 0. The van der Waals surface area contributed by atoms with Gasteiger partial charge in [0, 0.05) is 6.08 Å². The third-order valence-electron chi connectivity index (χ3n) is 1.91. The van der Waals surface area contributed by atoms with Crippen LogP contribution in [0.5, 0.6) is 11.5 Å². The van der Waals surface area contributed by atoms with E-state index in [0.717, 1.165) is 6.08 Å². The molecule has 84 valence electrons. The number of carbonyl (C=O) groups excluding carboxylic acids is 2. The van der Waals surface area contributed by atoms with Crippen molar-refractivity contribution in [1.82, 2.24) is 0 Å². The van der Waals surface area contributed by atoms with E-state index in [1.54, 1.807) is 0 Å². The number of benzene rings is 1. The van der Waals surface area contributed by atoms with Crippen LogP contribution in [0, 0.1) is 0 Å². The number of amides is 1. The Bertz CT molecular complexity index is 452. The zero-order valence-electron chi connectivity index (χ0n) is 8.64. The molecule has 0 aliphatic heterocycles. The number of phenolic OH excluding ortho intramolecular Hbond substituents is 1. The smallest absolute Gasteiger partial charge is 0.241 e. The zero-order valence-corrected chi connectivity index (χ0v) is 8.64. The number of nitrogens with two attached hydrogens (primary N) is 1. The maximum absolute atomic E-state index is 10.7. The molecule has 1 aromatic carbocycles. The highest BCUT2D eigenvalue weighted by Crippen LogP contribution is 2.30. The lowest BCUT2D eigenvalue weighted by Crippen LogP contribution is -2.05. The lowest BCUT2D eigenvalue weighted by Gasteiger charge is -2.06. The van der Waals surface area contributed by atoms with Gasteiger partial charge < -0.3 is 15.6 Å². The fourth-order valence-electron chi connectivity index (χ4n) is 1.17. The number of hydrogen-bond acceptors (Lipinski definition) is 4. The first-order valence-corrected chi connectivity index (χ1v) is 4.42. The highest BCUT2D eigenvalue weighted by Gasteiger charge is 2.08. The second kappa shape index (κ2) is 4.97. The van der Waals surface area contributed by atoms with Gasteiger partial charge in [-0.3, -0.25) is 9.59 Å². The molecule has 0 heterocycles. The molecule has 0 atom stereocenters. The predicted molar refractivity (Wildman–Crippen MR) is 58.3 cm³/mol. The van der Waals surface area contributed by atoms with Gasteiger partial charge in [-0.05, 0) is 23.8 Å². The Morgan fingerprint density at radius 1 is 1.50 bits per heavy atom. The highest BCUT2D eigenvalue weighted by atomic mass is 16.5. The van der Waals surface area contributed by atoms with Gasteiger partial charge in [0.05, 0.1) is 12.7 Å². The molecular weight excluding hydrogens is 210 g/mol. The molecule has 0 saturated carbocycles. The fourth-order valence-corrected chi connectivity index (χ4v) is 1.17. The van der Waals surface area contributed by atoms with Gasteiger partial charge in [0.2, 0.25) is 5.91 Å². The van der Waals surface area contributed by atoms with Gasteiger partial charge in [0.15, 0.2) is 17.8 Å². The number of phenols is 1. The first kappa shape index (κ1) is 11.8. The number of rotatable bonds is 4. The molecule has 5 nitrogen and oxygen atoms in total. The van der Waals surface area contributed by atoms with Gasteiger partial charge in [-0.2, -0.15) is 0 Å². The van der Waals surface area contributed by atoms with E-state index >= 15 is 0 Å². The summed E-state index contributed by atoms with van der Waals surface area (Å²) < 4.78 is 4.88. The molecule has 1 amide bonds. The molecule has 0 fully saturated rings. The van der Waals surface area contributed by atoms with E-state index in [4.69, 9.17) is 10.5 Å². The minimum Gasteiger partial charge on any atom is -0.504 e. The third kappa shape index (κ3) is 2.60. The van der Waals surface area contributed by atoms with Crippen LogP contribution in [0.15, 0.2) is 18.2 Å². The quantitative estimate of drug-likeness (QED) is 0.578. The van der Waals surface area contributed by atoms with Gasteiger partial charge in [-0.15, -0.1) is 0 Å². The van der Waals surface area contributed by atoms with Gasteiger partial charge in [-0.25, -0.2) is 0 Å². The van der Waals surface area contributed by atoms with Crippen LogP contribution >= 0.6 is 0 Å². The maximum Gasteiger partial charge on any atom is 0.241 e. The summed E-state index contributed by atoms with van der Waals surface area (Å²) in [5, 5.41) is 9.52. The van der Waals surface area contributed by atoms with Crippen molar-refractivity contribution in [2.24, 2.45) is 5.73 Å². The molecular formula is C11H11NO4. The van der Waals surface area contributed by atoms with Gasteiger partial charge >= 0.3 is 0 Å². The summed E-state index contributed by atoms with van der Waals surface area (Å²) in [7, 11) is 1.37. The normalized spacial score (nSPS) is 10.3. The third-order valence-corrected chi connectivity index (χ3v) is 1.91. The molecule has 0 saturated heterocycles. The summed E-state index contributed by atoms with van der Waals surface area (Å²) in [6, 6.07) is 2.91. The van der Waals surface area contributed by atoms with Crippen LogP contribution < -0.4 is 10.5 Å². The molecule has 0 aliphatic rings. The Morgan fingerprint density at radius 3 is 2.69 bits per heavy atom. The minimum absolute atomic E-state index is 0.0865. The first-order valence-electron chi connectivity index (χ1n) is 4.42. The number of carbonyl (C=O) groups is 2. The van der Waals surface area contributed by atoms with Crippen LogP contribution in [0.4, 0.5) is 0 Å². The highest BCUT2D eigenvalue weighted by molar-refractivity contribution is 5.91. The fraction of sp³-hybridized carbons (Fsp3) is 0.0909. The van der Waals surface area contributed by atoms with Crippen molar-refractivity contribution >= 4 is 18.3 Å². The minimum atomic E-state index is -0.598. The monoisotopic (exact) mass is 221 g/mol. The average molecular weight is 221 g/mol. The summed E-state index contributed by atoms with van der Waals surface area (Å²) >= 11 is 0. The number of primary amides is 1. The number of hydrogen-bond donors (Lipinski definition) is 2. The summed E-state index contributed by atoms with van der Waals surface area (Å²) in [6.07, 6.45) is 3.08. The molecule has 0 spiro atoms. The Hall–Kier alpha value is -2.30. The lowest BCUT2D eigenvalue weighted by molar-refractivity contribution is -0.113.